The smallest absolute Gasteiger partial charge is 0.133 e. The predicted molar refractivity (Wildman–Crippen MR) is 73.8 cm³/mol. The van der Waals surface area contributed by atoms with Gasteiger partial charge in [-0.3, -0.25) is 4.98 Å². The first-order valence-corrected chi connectivity index (χ1v) is 5.61. The van der Waals surface area contributed by atoms with Crippen molar-refractivity contribution in [3.8, 4) is 11.1 Å². The summed E-state index contributed by atoms with van der Waals surface area (Å²) in [5.41, 5.74) is 13.5. The van der Waals surface area contributed by atoms with Crippen molar-refractivity contribution in [3.63, 3.8) is 0 Å². The summed E-state index contributed by atoms with van der Waals surface area (Å²) in [5.74, 6) is 0.873. The van der Waals surface area contributed by atoms with Crippen LogP contribution in [0.4, 0.5) is 11.6 Å². The molecule has 0 bridgehead atoms. The summed E-state index contributed by atoms with van der Waals surface area (Å²) >= 11 is 0. The fourth-order valence-corrected chi connectivity index (χ4v) is 2.08. The van der Waals surface area contributed by atoms with Gasteiger partial charge >= 0.3 is 0 Å². The van der Waals surface area contributed by atoms with Gasteiger partial charge in [-0.2, -0.15) is 0 Å². The Labute approximate surface area is 104 Å². The summed E-state index contributed by atoms with van der Waals surface area (Å²) < 4.78 is 0. The highest BCUT2D eigenvalue weighted by atomic mass is 14.9. The Morgan fingerprint density at radius 1 is 0.889 bits per heavy atom. The zero-order chi connectivity index (χ0) is 12.5. The van der Waals surface area contributed by atoms with Gasteiger partial charge in [0.25, 0.3) is 0 Å². The molecule has 0 aliphatic heterocycles. The van der Waals surface area contributed by atoms with E-state index in [1.54, 1.807) is 12.3 Å². The average molecular weight is 236 g/mol. The number of hydrogen-bond donors (Lipinski definition) is 2. The maximum atomic E-state index is 5.94. The number of nitrogen functional groups attached to an aromatic ring is 2. The summed E-state index contributed by atoms with van der Waals surface area (Å²) in [6.45, 7) is 0. The predicted octanol–water partition coefficient (Wildman–Crippen LogP) is 2.46. The van der Waals surface area contributed by atoms with Crippen LogP contribution in [0.1, 0.15) is 0 Å². The highest BCUT2D eigenvalue weighted by molar-refractivity contribution is 5.98. The normalized spacial score (nSPS) is 10.7. The first-order chi connectivity index (χ1) is 8.75. The average Bonchev–Trinajstić information content (AvgIpc) is 2.38. The van der Waals surface area contributed by atoms with E-state index in [4.69, 9.17) is 11.5 Å². The largest absolute Gasteiger partial charge is 0.384 e. The summed E-state index contributed by atoms with van der Waals surface area (Å²) in [5, 5.41) is 2.18. The maximum absolute atomic E-state index is 5.94. The molecule has 0 atom stereocenters. The fraction of sp³-hybridized carbons (Fsp3) is 0. The van der Waals surface area contributed by atoms with Gasteiger partial charge in [-0.25, -0.2) is 4.98 Å². The number of pyridine rings is 2. The van der Waals surface area contributed by atoms with Gasteiger partial charge in [-0.05, 0) is 29.1 Å². The number of benzene rings is 1. The summed E-state index contributed by atoms with van der Waals surface area (Å²) in [6.07, 6.45) is 3.60. The van der Waals surface area contributed by atoms with Gasteiger partial charge in [0.15, 0.2) is 0 Å². The molecule has 0 aliphatic rings. The van der Waals surface area contributed by atoms with Crippen molar-refractivity contribution in [3.05, 3.63) is 48.8 Å². The van der Waals surface area contributed by atoms with Crippen LogP contribution in [0, 0.1) is 0 Å². The van der Waals surface area contributed by atoms with Crippen LogP contribution >= 0.6 is 0 Å². The van der Waals surface area contributed by atoms with Crippen LogP contribution < -0.4 is 11.5 Å². The molecule has 0 radical (unpaired) electrons. The molecule has 4 heteroatoms. The van der Waals surface area contributed by atoms with E-state index in [9.17, 15) is 0 Å². The van der Waals surface area contributed by atoms with Gasteiger partial charge in [0.05, 0.1) is 0 Å². The number of rotatable bonds is 1. The van der Waals surface area contributed by atoms with Crippen molar-refractivity contribution >= 4 is 22.4 Å². The lowest BCUT2D eigenvalue weighted by molar-refractivity contribution is 1.34. The fourth-order valence-electron chi connectivity index (χ4n) is 2.08. The van der Waals surface area contributed by atoms with Crippen molar-refractivity contribution in [1.29, 1.82) is 0 Å². The number of fused-ring (bicyclic) bond motifs is 1. The van der Waals surface area contributed by atoms with Gasteiger partial charge in [-0.15, -0.1) is 0 Å². The summed E-state index contributed by atoms with van der Waals surface area (Å²) in [4.78, 5) is 8.21. The van der Waals surface area contributed by atoms with E-state index in [1.807, 2.05) is 36.5 Å². The van der Waals surface area contributed by atoms with E-state index in [-0.39, 0.29) is 0 Å². The van der Waals surface area contributed by atoms with Gasteiger partial charge in [0, 0.05) is 23.3 Å². The second kappa shape index (κ2) is 4.00. The van der Waals surface area contributed by atoms with E-state index >= 15 is 0 Å². The first-order valence-electron chi connectivity index (χ1n) is 5.61. The maximum Gasteiger partial charge on any atom is 0.133 e. The molecule has 0 unspecified atom stereocenters. The Bertz CT molecular complexity index is 717. The van der Waals surface area contributed by atoms with Gasteiger partial charge < -0.3 is 11.5 Å². The van der Waals surface area contributed by atoms with E-state index in [0.717, 1.165) is 21.9 Å². The molecule has 1 aromatic carbocycles. The van der Waals surface area contributed by atoms with Gasteiger partial charge in [0.2, 0.25) is 0 Å². The Hall–Kier alpha value is -2.62. The number of aromatic nitrogens is 2. The lowest BCUT2D eigenvalue weighted by atomic mass is 10.00. The number of hydrogen-bond acceptors (Lipinski definition) is 4. The van der Waals surface area contributed by atoms with Crippen molar-refractivity contribution in [2.45, 2.75) is 0 Å². The Kier molecular flexibility index (Phi) is 2.34. The van der Waals surface area contributed by atoms with Crippen LogP contribution in [0.5, 0.6) is 0 Å². The van der Waals surface area contributed by atoms with Crippen molar-refractivity contribution < 1.29 is 0 Å². The monoisotopic (exact) mass is 236 g/mol. The van der Waals surface area contributed by atoms with E-state index in [2.05, 4.69) is 9.97 Å². The molecule has 2 aromatic heterocycles. The van der Waals surface area contributed by atoms with Crippen LogP contribution in [0.2, 0.25) is 0 Å². The van der Waals surface area contributed by atoms with E-state index in [0.29, 0.717) is 11.6 Å². The lowest BCUT2D eigenvalue weighted by Crippen LogP contribution is -1.98. The molecular weight excluding hydrogens is 224 g/mol. The molecule has 0 saturated heterocycles. The molecule has 18 heavy (non-hydrogen) atoms. The molecule has 0 fully saturated rings. The third kappa shape index (κ3) is 1.64. The van der Waals surface area contributed by atoms with Crippen LogP contribution in [-0.4, -0.2) is 9.97 Å². The molecule has 88 valence electrons. The molecule has 0 saturated carbocycles. The molecule has 0 spiro atoms. The Balaban J connectivity index is 2.31. The molecular formula is C14H12N4. The third-order valence-corrected chi connectivity index (χ3v) is 2.92. The molecule has 4 N–H and O–H groups in total. The second-order valence-corrected chi connectivity index (χ2v) is 4.07. The lowest BCUT2D eigenvalue weighted by Gasteiger charge is -2.09. The SMILES string of the molecule is Nc1ccc(-c2cccc3cnccc23)c(N)n1. The quantitative estimate of drug-likeness (QED) is 0.680. The number of anilines is 2. The molecule has 0 aliphatic carbocycles. The van der Waals surface area contributed by atoms with Gasteiger partial charge in [0.1, 0.15) is 11.6 Å². The second-order valence-electron chi connectivity index (χ2n) is 4.07. The molecule has 2 heterocycles. The molecule has 3 rings (SSSR count). The molecule has 3 aromatic rings. The summed E-state index contributed by atoms with van der Waals surface area (Å²) in [6, 6.07) is 11.6. The van der Waals surface area contributed by atoms with Crippen molar-refractivity contribution in [2.75, 3.05) is 11.5 Å². The van der Waals surface area contributed by atoms with E-state index < -0.39 is 0 Å². The highest BCUT2D eigenvalue weighted by Gasteiger charge is 2.07. The standard InChI is InChI=1S/C14H12N4/c15-13-5-4-12(14(16)18-13)11-3-1-2-9-8-17-7-6-10(9)11/h1-8H,(H4,15,16,18). The molecule has 0 amide bonds. The van der Waals surface area contributed by atoms with Crippen LogP contribution in [0.15, 0.2) is 48.8 Å². The first kappa shape index (κ1) is 10.5. The van der Waals surface area contributed by atoms with E-state index in [1.165, 1.54) is 0 Å². The van der Waals surface area contributed by atoms with Crippen LogP contribution in [0.25, 0.3) is 21.9 Å². The highest BCUT2D eigenvalue weighted by Crippen LogP contribution is 2.31. The topological polar surface area (TPSA) is 77.8 Å². The third-order valence-electron chi connectivity index (χ3n) is 2.92. The van der Waals surface area contributed by atoms with Crippen molar-refractivity contribution in [1.82, 2.24) is 9.97 Å². The zero-order valence-electron chi connectivity index (χ0n) is 9.67. The summed E-state index contributed by atoms with van der Waals surface area (Å²) in [7, 11) is 0. The zero-order valence-corrected chi connectivity index (χ0v) is 9.67. The van der Waals surface area contributed by atoms with Gasteiger partial charge in [-0.1, -0.05) is 18.2 Å². The van der Waals surface area contributed by atoms with Crippen LogP contribution in [0.3, 0.4) is 0 Å². The minimum atomic E-state index is 0.429. The van der Waals surface area contributed by atoms with Crippen molar-refractivity contribution in [2.24, 2.45) is 0 Å². The Morgan fingerprint density at radius 2 is 1.78 bits per heavy atom. The minimum absolute atomic E-state index is 0.429. The molecule has 4 nitrogen and oxygen atoms in total. The number of nitrogens with two attached hydrogens (primary N) is 2. The number of nitrogens with zero attached hydrogens (tertiary/aromatic N) is 2. The minimum Gasteiger partial charge on any atom is -0.384 e. The Morgan fingerprint density at radius 3 is 2.61 bits per heavy atom. The van der Waals surface area contributed by atoms with Crippen LogP contribution in [-0.2, 0) is 0 Å².